The summed E-state index contributed by atoms with van der Waals surface area (Å²) in [5.74, 6) is -0.000478. The Morgan fingerprint density at radius 3 is 2.44 bits per heavy atom. The first-order valence-electron chi connectivity index (χ1n) is 10.1. The van der Waals surface area contributed by atoms with Crippen molar-refractivity contribution in [2.75, 3.05) is 6.61 Å². The van der Waals surface area contributed by atoms with E-state index in [1.165, 1.54) is 0 Å². The topological polar surface area (TPSA) is 76.2 Å². The van der Waals surface area contributed by atoms with Crippen LogP contribution in [0.1, 0.15) is 16.7 Å². The molecule has 3 aromatic carbocycles. The molecule has 4 aromatic rings. The quantitative estimate of drug-likeness (QED) is 0.349. The molecule has 6 nitrogen and oxygen atoms in total. The van der Waals surface area contributed by atoms with Crippen molar-refractivity contribution in [1.29, 1.82) is 0 Å². The Kier molecular flexibility index (Phi) is 6.23. The summed E-state index contributed by atoms with van der Waals surface area (Å²) in [6, 6.07) is 20.6. The van der Waals surface area contributed by atoms with Gasteiger partial charge < -0.3 is 14.4 Å². The highest BCUT2D eigenvalue weighted by Crippen LogP contribution is 2.39. The molecule has 162 valence electrons. The minimum Gasteiger partial charge on any atom is -0.493 e. The summed E-state index contributed by atoms with van der Waals surface area (Å²) < 4.78 is 7.27. The van der Waals surface area contributed by atoms with Crippen LogP contribution in [-0.2, 0) is 11.3 Å². The second-order valence-corrected chi connectivity index (χ2v) is 8.04. The maximum atomic E-state index is 12.3. The van der Waals surface area contributed by atoms with Crippen LogP contribution in [0.3, 0.4) is 0 Å². The highest BCUT2D eigenvalue weighted by Gasteiger charge is 2.17. The van der Waals surface area contributed by atoms with Crippen LogP contribution in [0.25, 0.3) is 10.9 Å². The van der Waals surface area contributed by atoms with Crippen molar-refractivity contribution < 1.29 is 14.6 Å². The summed E-state index contributed by atoms with van der Waals surface area (Å²) in [5.41, 5.74) is 4.09. The fourth-order valence-electron chi connectivity index (χ4n) is 3.60. The maximum absolute atomic E-state index is 12.3. The van der Waals surface area contributed by atoms with Crippen molar-refractivity contribution in [3.05, 3.63) is 88.4 Å². The number of aromatic nitrogens is 1. The molecule has 0 atom stereocenters. The molecular weight excluding hydrogens is 426 g/mol. The van der Waals surface area contributed by atoms with E-state index in [4.69, 9.17) is 16.3 Å². The fourth-order valence-corrected chi connectivity index (χ4v) is 3.72. The number of hydrogen-bond acceptors (Lipinski definition) is 4. The van der Waals surface area contributed by atoms with Gasteiger partial charge in [-0.15, -0.1) is 10.2 Å². The molecule has 0 saturated carbocycles. The maximum Gasteiger partial charge on any atom is 0.302 e. The summed E-state index contributed by atoms with van der Waals surface area (Å²) in [7, 11) is 0. The van der Waals surface area contributed by atoms with Crippen molar-refractivity contribution >= 4 is 34.1 Å². The number of carbonyl (C=O) groups excluding carboxylic acids is 1. The highest BCUT2D eigenvalue weighted by molar-refractivity contribution is 6.30. The van der Waals surface area contributed by atoms with Gasteiger partial charge in [0.25, 0.3) is 0 Å². The number of amides is 1. The lowest BCUT2D eigenvalue weighted by atomic mass is 10.1. The SMILES string of the molecule is Cc1cc(C)cc(OCC(=O)N=Nc2c(O)n(Cc3ccc(Cl)cc3)c3ccccc23)c1. The number of para-hydroxylation sites is 1. The molecule has 4 rings (SSSR count). The van der Waals surface area contributed by atoms with Gasteiger partial charge in [0.15, 0.2) is 12.3 Å². The number of benzene rings is 3. The van der Waals surface area contributed by atoms with Crippen molar-refractivity contribution in [2.24, 2.45) is 10.2 Å². The van der Waals surface area contributed by atoms with Gasteiger partial charge in [-0.3, -0.25) is 4.79 Å². The van der Waals surface area contributed by atoms with E-state index >= 15 is 0 Å². The lowest BCUT2D eigenvalue weighted by Gasteiger charge is -2.07. The monoisotopic (exact) mass is 447 g/mol. The molecule has 0 aliphatic carbocycles. The summed E-state index contributed by atoms with van der Waals surface area (Å²) in [6.07, 6.45) is 0. The van der Waals surface area contributed by atoms with E-state index in [0.717, 1.165) is 22.2 Å². The van der Waals surface area contributed by atoms with Gasteiger partial charge >= 0.3 is 5.91 Å². The van der Waals surface area contributed by atoms with Crippen LogP contribution in [0.4, 0.5) is 5.69 Å². The number of ether oxygens (including phenoxy) is 1. The van der Waals surface area contributed by atoms with Crippen LogP contribution in [0.5, 0.6) is 11.6 Å². The molecule has 0 spiro atoms. The van der Waals surface area contributed by atoms with E-state index in [-0.39, 0.29) is 18.2 Å². The van der Waals surface area contributed by atoms with E-state index in [0.29, 0.717) is 22.7 Å². The molecule has 1 N–H and O–H groups in total. The van der Waals surface area contributed by atoms with Crippen LogP contribution < -0.4 is 4.74 Å². The summed E-state index contributed by atoms with van der Waals surface area (Å²) in [5, 5.41) is 20.0. The van der Waals surface area contributed by atoms with Crippen LogP contribution >= 0.6 is 11.6 Å². The van der Waals surface area contributed by atoms with Gasteiger partial charge in [0.1, 0.15) is 5.75 Å². The summed E-state index contributed by atoms with van der Waals surface area (Å²) in [4.78, 5) is 12.3. The molecule has 1 aromatic heterocycles. The first-order valence-corrected chi connectivity index (χ1v) is 10.5. The zero-order valence-electron chi connectivity index (χ0n) is 17.7. The molecule has 0 radical (unpaired) electrons. The van der Waals surface area contributed by atoms with E-state index in [1.807, 2.05) is 68.4 Å². The number of nitrogens with zero attached hydrogens (tertiary/aromatic N) is 3. The van der Waals surface area contributed by atoms with E-state index in [1.54, 1.807) is 16.7 Å². The predicted octanol–water partition coefficient (Wildman–Crippen LogP) is 6.35. The number of aromatic hydroxyl groups is 1. The Bertz CT molecular complexity index is 1290. The third-order valence-electron chi connectivity index (χ3n) is 4.99. The number of fused-ring (bicyclic) bond motifs is 1. The fraction of sp³-hybridized carbons (Fsp3) is 0.160. The molecule has 0 unspecified atom stereocenters. The average molecular weight is 448 g/mol. The number of hydrogen-bond donors (Lipinski definition) is 1. The Morgan fingerprint density at radius 1 is 1.03 bits per heavy atom. The molecular formula is C25H22ClN3O3. The standard InChI is InChI=1S/C25H22ClN3O3/c1-16-11-17(2)13-20(12-16)32-15-23(30)27-28-24-21-5-3-4-6-22(21)29(25(24)31)14-18-7-9-19(26)10-8-18/h3-13,31H,14-15H2,1-2H3. The Labute approximate surface area is 190 Å². The molecule has 0 aliphatic rings. The molecule has 1 amide bonds. The van der Waals surface area contributed by atoms with Gasteiger partial charge in [-0.25, -0.2) is 0 Å². The van der Waals surface area contributed by atoms with Crippen LogP contribution in [0.2, 0.25) is 5.02 Å². The Balaban J connectivity index is 1.55. The van der Waals surface area contributed by atoms with Crippen molar-refractivity contribution in [3.8, 4) is 11.6 Å². The van der Waals surface area contributed by atoms with Crippen molar-refractivity contribution in [3.63, 3.8) is 0 Å². The van der Waals surface area contributed by atoms with Gasteiger partial charge in [-0.05, 0) is 60.9 Å². The molecule has 0 aliphatic heterocycles. The minimum absolute atomic E-state index is 0.0621. The smallest absolute Gasteiger partial charge is 0.302 e. The number of aryl methyl sites for hydroxylation is 2. The zero-order valence-corrected chi connectivity index (χ0v) is 18.5. The van der Waals surface area contributed by atoms with Gasteiger partial charge in [0.05, 0.1) is 12.1 Å². The van der Waals surface area contributed by atoms with E-state index in [9.17, 15) is 9.90 Å². The normalized spacial score (nSPS) is 11.3. The number of halogens is 1. The Hall–Kier alpha value is -3.64. The second kappa shape index (κ2) is 9.24. The van der Waals surface area contributed by atoms with Gasteiger partial charge in [-0.1, -0.05) is 48.0 Å². The van der Waals surface area contributed by atoms with Crippen LogP contribution in [0.15, 0.2) is 77.0 Å². The summed E-state index contributed by atoms with van der Waals surface area (Å²) >= 11 is 5.97. The summed E-state index contributed by atoms with van der Waals surface area (Å²) in [6.45, 7) is 4.10. The lowest BCUT2D eigenvalue weighted by molar-refractivity contribution is -0.120. The number of azo groups is 1. The average Bonchev–Trinajstić information content (AvgIpc) is 3.03. The van der Waals surface area contributed by atoms with Crippen molar-refractivity contribution in [1.82, 2.24) is 4.57 Å². The molecule has 7 heteroatoms. The molecule has 32 heavy (non-hydrogen) atoms. The predicted molar refractivity (Wildman–Crippen MR) is 125 cm³/mol. The first-order chi connectivity index (χ1) is 15.4. The van der Waals surface area contributed by atoms with E-state index in [2.05, 4.69) is 10.2 Å². The largest absolute Gasteiger partial charge is 0.493 e. The van der Waals surface area contributed by atoms with Crippen LogP contribution in [-0.4, -0.2) is 22.2 Å². The van der Waals surface area contributed by atoms with Gasteiger partial charge in [0.2, 0.25) is 5.88 Å². The van der Waals surface area contributed by atoms with Crippen LogP contribution in [0, 0.1) is 13.8 Å². The molecule has 0 bridgehead atoms. The second-order valence-electron chi connectivity index (χ2n) is 7.61. The Morgan fingerprint density at radius 2 is 1.72 bits per heavy atom. The molecule has 1 heterocycles. The highest BCUT2D eigenvalue weighted by atomic mass is 35.5. The number of rotatable bonds is 6. The minimum atomic E-state index is -0.543. The third-order valence-corrected chi connectivity index (χ3v) is 5.24. The van der Waals surface area contributed by atoms with Crippen molar-refractivity contribution in [2.45, 2.75) is 20.4 Å². The number of carbonyl (C=O) groups is 1. The van der Waals surface area contributed by atoms with Gasteiger partial charge in [0, 0.05) is 10.4 Å². The molecule has 0 fully saturated rings. The first kappa shape index (κ1) is 21.6. The van der Waals surface area contributed by atoms with Gasteiger partial charge in [-0.2, -0.15) is 0 Å². The lowest BCUT2D eigenvalue weighted by Crippen LogP contribution is -2.08. The third kappa shape index (κ3) is 4.81. The van der Waals surface area contributed by atoms with E-state index < -0.39 is 5.91 Å². The molecule has 0 saturated heterocycles. The zero-order chi connectivity index (χ0) is 22.7.